The molecule has 0 bridgehead atoms. The summed E-state index contributed by atoms with van der Waals surface area (Å²) in [5.74, 6) is 4.58. The summed E-state index contributed by atoms with van der Waals surface area (Å²) in [5, 5.41) is 6.93. The Hall–Kier alpha value is -1.17. The summed E-state index contributed by atoms with van der Waals surface area (Å²) in [6.07, 6.45) is 8.73. The third-order valence-electron chi connectivity index (χ3n) is 3.85. The molecule has 1 aliphatic heterocycles. The first kappa shape index (κ1) is 17.2. The fourth-order valence-electron chi connectivity index (χ4n) is 2.59. The van der Waals surface area contributed by atoms with Gasteiger partial charge in [0.25, 0.3) is 0 Å². The monoisotopic (exact) mass is 323 g/mol. The second-order valence-electron chi connectivity index (χ2n) is 5.69. The first-order chi connectivity index (χ1) is 10.8. The predicted molar refractivity (Wildman–Crippen MR) is 95.7 cm³/mol. The minimum Gasteiger partial charge on any atom is -0.357 e. The van der Waals surface area contributed by atoms with Crippen molar-refractivity contribution in [2.45, 2.75) is 52.1 Å². The van der Waals surface area contributed by atoms with Crippen LogP contribution in [0.3, 0.4) is 0 Å². The van der Waals surface area contributed by atoms with Crippen LogP contribution in [-0.4, -0.2) is 46.1 Å². The van der Waals surface area contributed by atoms with Crippen LogP contribution in [0.2, 0.25) is 0 Å². The highest BCUT2D eigenvalue weighted by atomic mass is 32.2. The van der Waals surface area contributed by atoms with Crippen molar-refractivity contribution in [2.24, 2.45) is 4.99 Å². The average Bonchev–Trinajstić information content (AvgIpc) is 2.93. The van der Waals surface area contributed by atoms with E-state index in [1.807, 2.05) is 31.1 Å². The van der Waals surface area contributed by atoms with Gasteiger partial charge in [0, 0.05) is 43.8 Å². The van der Waals surface area contributed by atoms with E-state index in [0.29, 0.717) is 6.04 Å². The Labute approximate surface area is 138 Å². The van der Waals surface area contributed by atoms with Gasteiger partial charge in [0.05, 0.1) is 0 Å². The lowest BCUT2D eigenvalue weighted by atomic mass is 10.2. The standard InChI is InChI=1S/C16H29N5S/c1-3-17-16(20-15-7-6-12-22-13-15)19-8-4-5-10-21-11-9-18-14(21)2/h9,11,15H,3-8,10,12-13H2,1-2H3,(H2,17,19,20). The Morgan fingerprint density at radius 2 is 2.41 bits per heavy atom. The Balaban J connectivity index is 1.69. The molecular weight excluding hydrogens is 294 g/mol. The van der Waals surface area contributed by atoms with Gasteiger partial charge >= 0.3 is 0 Å². The Morgan fingerprint density at radius 3 is 3.09 bits per heavy atom. The SMILES string of the molecule is CCNC(=NCCCCn1ccnc1C)NC1CCCSC1. The second kappa shape index (κ2) is 9.77. The molecule has 0 saturated carbocycles. The third-order valence-corrected chi connectivity index (χ3v) is 5.06. The number of hydrogen-bond acceptors (Lipinski definition) is 3. The van der Waals surface area contributed by atoms with Crippen molar-refractivity contribution in [3.8, 4) is 0 Å². The second-order valence-corrected chi connectivity index (χ2v) is 6.84. The van der Waals surface area contributed by atoms with Crippen molar-refractivity contribution in [1.82, 2.24) is 20.2 Å². The molecule has 124 valence electrons. The van der Waals surface area contributed by atoms with E-state index in [-0.39, 0.29) is 0 Å². The topological polar surface area (TPSA) is 54.2 Å². The largest absolute Gasteiger partial charge is 0.357 e. The molecule has 1 fully saturated rings. The molecule has 1 aliphatic rings. The lowest BCUT2D eigenvalue weighted by Crippen LogP contribution is -2.45. The summed E-state index contributed by atoms with van der Waals surface area (Å²) in [7, 11) is 0. The lowest BCUT2D eigenvalue weighted by Gasteiger charge is -2.24. The Morgan fingerprint density at radius 1 is 1.50 bits per heavy atom. The van der Waals surface area contributed by atoms with Crippen LogP contribution in [-0.2, 0) is 6.54 Å². The van der Waals surface area contributed by atoms with Gasteiger partial charge in [-0.15, -0.1) is 0 Å². The molecule has 1 unspecified atom stereocenters. The molecule has 1 aromatic rings. The minimum absolute atomic E-state index is 0.574. The minimum atomic E-state index is 0.574. The molecule has 2 rings (SSSR count). The molecule has 22 heavy (non-hydrogen) atoms. The molecule has 5 nitrogen and oxygen atoms in total. The number of nitrogens with one attached hydrogen (secondary N) is 2. The number of guanidine groups is 1. The predicted octanol–water partition coefficient (Wildman–Crippen LogP) is 2.42. The number of aliphatic imine (C=N–C) groups is 1. The van der Waals surface area contributed by atoms with E-state index in [9.17, 15) is 0 Å². The molecule has 0 aromatic carbocycles. The fraction of sp³-hybridized carbons (Fsp3) is 0.750. The zero-order valence-electron chi connectivity index (χ0n) is 13.8. The lowest BCUT2D eigenvalue weighted by molar-refractivity contribution is 0.577. The summed E-state index contributed by atoms with van der Waals surface area (Å²) in [4.78, 5) is 8.96. The van der Waals surface area contributed by atoms with E-state index in [1.54, 1.807) is 0 Å². The van der Waals surface area contributed by atoms with E-state index in [1.165, 1.54) is 24.3 Å². The molecule has 2 N–H and O–H groups in total. The number of unbranched alkanes of at least 4 members (excludes halogenated alkanes) is 1. The van der Waals surface area contributed by atoms with Gasteiger partial charge in [-0.2, -0.15) is 11.8 Å². The number of thioether (sulfide) groups is 1. The number of aryl methyl sites for hydroxylation is 2. The van der Waals surface area contributed by atoms with E-state index >= 15 is 0 Å². The maximum atomic E-state index is 4.71. The summed E-state index contributed by atoms with van der Waals surface area (Å²) in [6, 6.07) is 0.574. The molecule has 1 atom stereocenters. The molecule has 0 amide bonds. The van der Waals surface area contributed by atoms with Gasteiger partial charge in [-0.3, -0.25) is 4.99 Å². The zero-order valence-corrected chi connectivity index (χ0v) is 14.7. The number of imidazole rings is 1. The first-order valence-corrected chi connectivity index (χ1v) is 9.55. The molecule has 2 heterocycles. The number of hydrogen-bond donors (Lipinski definition) is 2. The number of nitrogens with zero attached hydrogens (tertiary/aromatic N) is 3. The van der Waals surface area contributed by atoms with Gasteiger partial charge in [-0.05, 0) is 45.3 Å². The summed E-state index contributed by atoms with van der Waals surface area (Å²) >= 11 is 2.04. The van der Waals surface area contributed by atoms with Crippen molar-refractivity contribution >= 4 is 17.7 Å². The Bertz CT molecular complexity index is 451. The number of rotatable bonds is 7. The third kappa shape index (κ3) is 5.91. The van der Waals surface area contributed by atoms with Crippen LogP contribution >= 0.6 is 11.8 Å². The van der Waals surface area contributed by atoms with Gasteiger partial charge < -0.3 is 15.2 Å². The summed E-state index contributed by atoms with van der Waals surface area (Å²) in [5.41, 5.74) is 0. The van der Waals surface area contributed by atoms with E-state index in [0.717, 1.165) is 44.3 Å². The van der Waals surface area contributed by atoms with Crippen molar-refractivity contribution in [3.05, 3.63) is 18.2 Å². The van der Waals surface area contributed by atoms with Crippen LogP contribution in [0.4, 0.5) is 0 Å². The van der Waals surface area contributed by atoms with Gasteiger partial charge in [0.1, 0.15) is 5.82 Å². The van der Waals surface area contributed by atoms with Crippen molar-refractivity contribution < 1.29 is 0 Å². The molecular formula is C16H29N5S. The number of aromatic nitrogens is 2. The van der Waals surface area contributed by atoms with Gasteiger partial charge in [0.15, 0.2) is 5.96 Å². The quantitative estimate of drug-likeness (QED) is 0.460. The highest BCUT2D eigenvalue weighted by Gasteiger charge is 2.14. The van der Waals surface area contributed by atoms with Crippen LogP contribution in [0.25, 0.3) is 0 Å². The maximum absolute atomic E-state index is 4.71. The highest BCUT2D eigenvalue weighted by molar-refractivity contribution is 7.99. The first-order valence-electron chi connectivity index (χ1n) is 8.40. The normalized spacial score (nSPS) is 19.2. The smallest absolute Gasteiger partial charge is 0.191 e. The molecule has 6 heteroatoms. The zero-order chi connectivity index (χ0) is 15.6. The van der Waals surface area contributed by atoms with Crippen LogP contribution in [0.15, 0.2) is 17.4 Å². The van der Waals surface area contributed by atoms with Crippen LogP contribution in [0, 0.1) is 6.92 Å². The van der Waals surface area contributed by atoms with E-state index in [2.05, 4.69) is 27.1 Å². The highest BCUT2D eigenvalue weighted by Crippen LogP contribution is 2.16. The molecule has 1 aromatic heterocycles. The van der Waals surface area contributed by atoms with Crippen LogP contribution in [0.5, 0.6) is 0 Å². The molecule has 0 aliphatic carbocycles. The maximum Gasteiger partial charge on any atom is 0.191 e. The van der Waals surface area contributed by atoms with Crippen molar-refractivity contribution in [3.63, 3.8) is 0 Å². The summed E-state index contributed by atoms with van der Waals surface area (Å²) in [6.45, 7) is 7.00. The summed E-state index contributed by atoms with van der Waals surface area (Å²) < 4.78 is 2.20. The fourth-order valence-corrected chi connectivity index (χ4v) is 3.66. The molecule has 0 spiro atoms. The van der Waals surface area contributed by atoms with Crippen LogP contribution < -0.4 is 10.6 Å². The van der Waals surface area contributed by atoms with Gasteiger partial charge in [-0.25, -0.2) is 4.98 Å². The van der Waals surface area contributed by atoms with E-state index < -0.39 is 0 Å². The van der Waals surface area contributed by atoms with Gasteiger partial charge in [-0.1, -0.05) is 0 Å². The average molecular weight is 324 g/mol. The van der Waals surface area contributed by atoms with Crippen molar-refractivity contribution in [2.75, 3.05) is 24.6 Å². The molecule has 0 radical (unpaired) electrons. The van der Waals surface area contributed by atoms with Gasteiger partial charge in [0.2, 0.25) is 0 Å². The van der Waals surface area contributed by atoms with Crippen LogP contribution in [0.1, 0.15) is 38.4 Å². The van der Waals surface area contributed by atoms with E-state index in [4.69, 9.17) is 4.99 Å². The Kier molecular flexibility index (Phi) is 7.63. The molecule has 1 saturated heterocycles. The van der Waals surface area contributed by atoms with Crippen molar-refractivity contribution in [1.29, 1.82) is 0 Å².